The van der Waals surface area contributed by atoms with Gasteiger partial charge < -0.3 is 36.6 Å². The molecule has 11 heteroatoms. The first-order valence-electron chi connectivity index (χ1n) is 12.0. The highest BCUT2D eigenvalue weighted by Crippen LogP contribution is 2.21. The molecule has 11 nitrogen and oxygen atoms in total. The number of aromatic hydroxyl groups is 2. The highest BCUT2D eigenvalue weighted by molar-refractivity contribution is 5.94. The van der Waals surface area contributed by atoms with Crippen LogP contribution in [0.4, 0.5) is 0 Å². The Hall–Kier alpha value is -4.12. The van der Waals surface area contributed by atoms with E-state index in [4.69, 9.17) is 10.8 Å². The van der Waals surface area contributed by atoms with Crippen LogP contribution in [0.5, 0.6) is 11.5 Å². The number of nitrogens with zero attached hydrogens (tertiary/aromatic N) is 1. The molecule has 0 bridgehead atoms. The second-order valence-corrected chi connectivity index (χ2v) is 9.17. The molecular formula is C26H32N4O7. The monoisotopic (exact) mass is 512 g/mol. The molecule has 1 saturated heterocycles. The van der Waals surface area contributed by atoms with Crippen LogP contribution in [0.3, 0.4) is 0 Å². The number of nitrogens with one attached hydrogen (secondary N) is 2. The number of carbonyl (C=O) groups excluding carboxylic acids is 3. The summed E-state index contributed by atoms with van der Waals surface area (Å²) in [5.41, 5.74) is 7.51. The molecule has 2 aromatic carbocycles. The average Bonchev–Trinajstić information content (AvgIpc) is 3.36. The molecule has 1 aliphatic heterocycles. The minimum Gasteiger partial charge on any atom is -0.508 e. The quantitative estimate of drug-likeness (QED) is 0.262. The molecule has 1 heterocycles. The molecule has 4 unspecified atom stereocenters. The second-order valence-electron chi connectivity index (χ2n) is 9.17. The Labute approximate surface area is 214 Å². The minimum absolute atomic E-state index is 0.0513. The number of carboxylic acid groups (broad SMARTS) is 1. The Kier molecular flexibility index (Phi) is 9.07. The third-order valence-corrected chi connectivity index (χ3v) is 6.29. The summed E-state index contributed by atoms with van der Waals surface area (Å²) < 4.78 is 0. The molecule has 1 fully saturated rings. The van der Waals surface area contributed by atoms with Crippen molar-refractivity contribution in [3.63, 3.8) is 0 Å². The van der Waals surface area contributed by atoms with Crippen LogP contribution >= 0.6 is 0 Å². The molecule has 0 saturated carbocycles. The summed E-state index contributed by atoms with van der Waals surface area (Å²) in [4.78, 5) is 51.8. The van der Waals surface area contributed by atoms with Gasteiger partial charge in [0.2, 0.25) is 17.7 Å². The summed E-state index contributed by atoms with van der Waals surface area (Å²) in [7, 11) is 0. The summed E-state index contributed by atoms with van der Waals surface area (Å²) >= 11 is 0. The van der Waals surface area contributed by atoms with Gasteiger partial charge in [0.25, 0.3) is 0 Å². The molecule has 3 amide bonds. The van der Waals surface area contributed by atoms with Gasteiger partial charge in [0.15, 0.2) is 0 Å². The fourth-order valence-electron chi connectivity index (χ4n) is 4.20. The summed E-state index contributed by atoms with van der Waals surface area (Å²) in [6.07, 6.45) is 1.18. The molecular weight excluding hydrogens is 480 g/mol. The topological polar surface area (TPSA) is 182 Å². The maximum Gasteiger partial charge on any atom is 0.325 e. The van der Waals surface area contributed by atoms with Gasteiger partial charge in [-0.1, -0.05) is 24.3 Å². The number of phenolic OH excluding ortho intramolecular Hbond substituents is 2. The van der Waals surface area contributed by atoms with Gasteiger partial charge in [-0.15, -0.1) is 0 Å². The largest absolute Gasteiger partial charge is 0.508 e. The summed E-state index contributed by atoms with van der Waals surface area (Å²) in [6.45, 7) is 1.62. The van der Waals surface area contributed by atoms with Crippen LogP contribution in [0.2, 0.25) is 0 Å². The Balaban J connectivity index is 1.77. The first kappa shape index (κ1) is 27.5. The zero-order chi connectivity index (χ0) is 27.1. The number of carboxylic acids is 1. The lowest BCUT2D eigenvalue weighted by atomic mass is 10.0. The van der Waals surface area contributed by atoms with E-state index in [0.717, 1.165) is 5.56 Å². The number of hydrogen-bond donors (Lipinski definition) is 6. The fourth-order valence-corrected chi connectivity index (χ4v) is 4.20. The zero-order valence-corrected chi connectivity index (χ0v) is 20.5. The molecule has 7 N–H and O–H groups in total. The van der Waals surface area contributed by atoms with Crippen LogP contribution in [0.25, 0.3) is 0 Å². The number of likely N-dealkylation sites (tertiary alicyclic amines) is 1. The van der Waals surface area contributed by atoms with Crippen molar-refractivity contribution in [2.75, 3.05) is 6.54 Å². The highest BCUT2D eigenvalue weighted by atomic mass is 16.4. The van der Waals surface area contributed by atoms with E-state index in [0.29, 0.717) is 18.4 Å². The van der Waals surface area contributed by atoms with Crippen molar-refractivity contribution in [2.24, 2.45) is 5.73 Å². The maximum atomic E-state index is 13.6. The van der Waals surface area contributed by atoms with Gasteiger partial charge in [0, 0.05) is 13.0 Å². The van der Waals surface area contributed by atoms with Gasteiger partial charge in [-0.05, 0) is 61.6 Å². The number of hydrogen-bond acceptors (Lipinski definition) is 7. The van der Waals surface area contributed by atoms with Crippen LogP contribution in [0.1, 0.15) is 30.9 Å². The zero-order valence-electron chi connectivity index (χ0n) is 20.5. The lowest BCUT2D eigenvalue weighted by molar-refractivity contribution is -0.144. The third kappa shape index (κ3) is 7.43. The first-order valence-corrected chi connectivity index (χ1v) is 12.0. The molecule has 4 atom stereocenters. The summed E-state index contributed by atoms with van der Waals surface area (Å²) in [5.74, 6) is -2.67. The predicted molar refractivity (Wildman–Crippen MR) is 134 cm³/mol. The third-order valence-electron chi connectivity index (χ3n) is 6.29. The van der Waals surface area contributed by atoms with Gasteiger partial charge in [-0.3, -0.25) is 19.2 Å². The van der Waals surface area contributed by atoms with Crippen molar-refractivity contribution < 1.29 is 34.5 Å². The number of nitrogens with two attached hydrogens (primary N) is 1. The molecule has 2 aromatic rings. The van der Waals surface area contributed by atoms with E-state index >= 15 is 0 Å². The molecule has 1 aliphatic rings. The number of carbonyl (C=O) groups is 4. The Bertz CT molecular complexity index is 1120. The van der Waals surface area contributed by atoms with E-state index < -0.39 is 47.9 Å². The Morgan fingerprint density at radius 1 is 0.946 bits per heavy atom. The summed E-state index contributed by atoms with van der Waals surface area (Å²) in [6, 6.07) is 8.45. The van der Waals surface area contributed by atoms with E-state index in [1.807, 2.05) is 0 Å². The minimum atomic E-state index is -1.19. The highest BCUT2D eigenvalue weighted by Gasteiger charge is 2.38. The summed E-state index contributed by atoms with van der Waals surface area (Å²) in [5, 5.41) is 33.3. The molecule has 0 radical (unpaired) electrons. The SMILES string of the molecule is CC(NC(=O)C1CCCN1C(=O)C(Cc1ccc(O)cc1)NC(=O)C(N)Cc1ccc(O)cc1)C(=O)O. The van der Waals surface area contributed by atoms with Crippen LogP contribution in [0.15, 0.2) is 48.5 Å². The molecule has 0 aromatic heterocycles. The Morgan fingerprint density at radius 2 is 1.49 bits per heavy atom. The van der Waals surface area contributed by atoms with Crippen LogP contribution < -0.4 is 16.4 Å². The number of benzene rings is 2. The van der Waals surface area contributed by atoms with Crippen LogP contribution in [-0.4, -0.2) is 74.6 Å². The van der Waals surface area contributed by atoms with Crippen LogP contribution in [0, 0.1) is 0 Å². The van der Waals surface area contributed by atoms with E-state index in [1.165, 1.54) is 36.1 Å². The first-order chi connectivity index (χ1) is 17.5. The van der Waals surface area contributed by atoms with Crippen molar-refractivity contribution in [1.82, 2.24) is 15.5 Å². The van der Waals surface area contributed by atoms with E-state index in [9.17, 15) is 29.4 Å². The van der Waals surface area contributed by atoms with Gasteiger partial charge in [-0.25, -0.2) is 0 Å². The van der Waals surface area contributed by atoms with Crippen molar-refractivity contribution in [2.45, 2.75) is 56.8 Å². The van der Waals surface area contributed by atoms with E-state index in [-0.39, 0.29) is 30.9 Å². The normalized spacial score (nSPS) is 17.5. The van der Waals surface area contributed by atoms with Gasteiger partial charge in [0.05, 0.1) is 6.04 Å². The van der Waals surface area contributed by atoms with E-state index in [2.05, 4.69) is 10.6 Å². The maximum absolute atomic E-state index is 13.6. The molecule has 198 valence electrons. The molecule has 0 spiro atoms. The average molecular weight is 513 g/mol. The van der Waals surface area contributed by atoms with Gasteiger partial charge in [-0.2, -0.15) is 0 Å². The van der Waals surface area contributed by atoms with Crippen molar-refractivity contribution in [3.8, 4) is 11.5 Å². The van der Waals surface area contributed by atoms with Gasteiger partial charge >= 0.3 is 5.97 Å². The second kappa shape index (κ2) is 12.2. The van der Waals surface area contributed by atoms with Gasteiger partial charge in [0.1, 0.15) is 29.6 Å². The number of aliphatic carboxylic acids is 1. The van der Waals surface area contributed by atoms with Crippen molar-refractivity contribution in [1.29, 1.82) is 0 Å². The number of amides is 3. The lowest BCUT2D eigenvalue weighted by Crippen LogP contribution is -2.57. The lowest BCUT2D eigenvalue weighted by Gasteiger charge is -2.30. The van der Waals surface area contributed by atoms with Crippen LogP contribution in [-0.2, 0) is 32.0 Å². The standard InChI is InChI=1S/C26H32N4O7/c1-15(26(36)37)28-24(34)22-3-2-12-30(22)25(35)21(14-17-6-10-19(32)11-7-17)29-23(33)20(27)13-16-4-8-18(31)9-5-16/h4-11,15,20-22,31-32H,2-3,12-14,27H2,1H3,(H,28,34)(H,29,33)(H,36,37). The Morgan fingerprint density at radius 3 is 2.03 bits per heavy atom. The fraction of sp³-hybridized carbons (Fsp3) is 0.385. The van der Waals surface area contributed by atoms with Crippen molar-refractivity contribution >= 4 is 23.7 Å². The smallest absolute Gasteiger partial charge is 0.325 e. The number of phenols is 2. The van der Waals surface area contributed by atoms with Crippen molar-refractivity contribution in [3.05, 3.63) is 59.7 Å². The molecule has 3 rings (SSSR count). The molecule has 37 heavy (non-hydrogen) atoms. The molecule has 0 aliphatic carbocycles. The number of rotatable bonds is 10. The predicted octanol–water partition coefficient (Wildman–Crippen LogP) is 0.275. The van der Waals surface area contributed by atoms with E-state index in [1.54, 1.807) is 24.3 Å².